The fourth-order valence-electron chi connectivity index (χ4n) is 3.25. The number of aliphatic hydroxyl groups is 1. The van der Waals surface area contributed by atoms with E-state index < -0.39 is 60.9 Å². The van der Waals surface area contributed by atoms with Gasteiger partial charge in [-0.1, -0.05) is 20.3 Å². The molecule has 0 aromatic rings. The Morgan fingerprint density at radius 3 is 2.29 bits per heavy atom. The molecule has 0 saturated carbocycles. The molecule has 7 N–H and O–H groups in total. The van der Waals surface area contributed by atoms with Crippen molar-refractivity contribution in [3.63, 3.8) is 0 Å². The van der Waals surface area contributed by atoms with Crippen LogP contribution in [0.1, 0.15) is 46.0 Å². The molecule has 0 aromatic carbocycles. The topological polar surface area (TPSA) is 199 Å². The number of carboxylic acids is 2. The van der Waals surface area contributed by atoms with Gasteiger partial charge in [0, 0.05) is 13.0 Å². The summed E-state index contributed by atoms with van der Waals surface area (Å²) < 4.78 is 0. The number of rotatable bonds is 12. The van der Waals surface area contributed by atoms with Gasteiger partial charge in [0.2, 0.25) is 17.7 Å². The molecular formula is C19H32N4O8. The zero-order chi connectivity index (χ0) is 23.7. The normalized spacial score (nSPS) is 19.7. The van der Waals surface area contributed by atoms with E-state index in [1.54, 1.807) is 0 Å². The van der Waals surface area contributed by atoms with Crippen LogP contribution in [0.15, 0.2) is 0 Å². The Kier molecular flexibility index (Phi) is 10.4. The number of aliphatic carboxylic acids is 2. The molecule has 5 unspecified atom stereocenters. The van der Waals surface area contributed by atoms with E-state index in [-0.39, 0.29) is 18.2 Å². The summed E-state index contributed by atoms with van der Waals surface area (Å²) in [6.45, 7) is 3.27. The first kappa shape index (κ1) is 26.3. The second kappa shape index (κ2) is 12.2. The lowest BCUT2D eigenvalue weighted by molar-refractivity contribution is -0.144. The third-order valence-corrected chi connectivity index (χ3v) is 5.46. The largest absolute Gasteiger partial charge is 0.481 e. The number of nitrogens with two attached hydrogens (primary N) is 1. The molecule has 12 heteroatoms. The van der Waals surface area contributed by atoms with Gasteiger partial charge in [0.25, 0.3) is 0 Å². The number of hydrogen-bond donors (Lipinski definition) is 6. The molecule has 12 nitrogen and oxygen atoms in total. The molecule has 5 atom stereocenters. The summed E-state index contributed by atoms with van der Waals surface area (Å²) in [5.41, 5.74) is 6.00. The minimum absolute atomic E-state index is 0.0773. The zero-order valence-corrected chi connectivity index (χ0v) is 17.7. The van der Waals surface area contributed by atoms with Crippen molar-refractivity contribution >= 4 is 29.7 Å². The Morgan fingerprint density at radius 2 is 1.77 bits per heavy atom. The van der Waals surface area contributed by atoms with E-state index >= 15 is 0 Å². The number of amides is 3. The van der Waals surface area contributed by atoms with Crippen LogP contribution < -0.4 is 16.4 Å². The smallest absolute Gasteiger partial charge is 0.326 e. The predicted molar refractivity (Wildman–Crippen MR) is 108 cm³/mol. The fraction of sp³-hybridized carbons (Fsp3) is 0.737. The quantitative estimate of drug-likeness (QED) is 0.202. The van der Waals surface area contributed by atoms with Gasteiger partial charge in [0.05, 0.1) is 12.6 Å². The van der Waals surface area contributed by atoms with E-state index in [0.717, 1.165) is 0 Å². The van der Waals surface area contributed by atoms with E-state index in [4.69, 9.17) is 15.9 Å². The highest BCUT2D eigenvalue weighted by atomic mass is 16.4. The summed E-state index contributed by atoms with van der Waals surface area (Å²) in [6.07, 6.45) is 0.783. The summed E-state index contributed by atoms with van der Waals surface area (Å²) in [7, 11) is 0. The van der Waals surface area contributed by atoms with Gasteiger partial charge >= 0.3 is 11.9 Å². The van der Waals surface area contributed by atoms with Gasteiger partial charge in [0.15, 0.2) is 0 Å². The molecule has 31 heavy (non-hydrogen) atoms. The minimum Gasteiger partial charge on any atom is -0.481 e. The first-order chi connectivity index (χ1) is 14.5. The summed E-state index contributed by atoms with van der Waals surface area (Å²) >= 11 is 0. The molecule has 0 radical (unpaired) electrons. The van der Waals surface area contributed by atoms with Gasteiger partial charge in [-0.05, 0) is 25.2 Å². The van der Waals surface area contributed by atoms with Gasteiger partial charge in [0.1, 0.15) is 18.1 Å². The molecule has 3 amide bonds. The van der Waals surface area contributed by atoms with Crippen molar-refractivity contribution in [3.8, 4) is 0 Å². The van der Waals surface area contributed by atoms with Crippen LogP contribution in [0.4, 0.5) is 0 Å². The van der Waals surface area contributed by atoms with Crippen LogP contribution in [0.2, 0.25) is 0 Å². The van der Waals surface area contributed by atoms with Crippen molar-refractivity contribution in [2.75, 3.05) is 13.2 Å². The van der Waals surface area contributed by atoms with Crippen LogP contribution >= 0.6 is 0 Å². The molecule has 176 valence electrons. The highest BCUT2D eigenvalue weighted by Gasteiger charge is 2.38. The van der Waals surface area contributed by atoms with Gasteiger partial charge in [-0.2, -0.15) is 0 Å². The molecule has 1 fully saturated rings. The van der Waals surface area contributed by atoms with Crippen molar-refractivity contribution in [1.29, 1.82) is 0 Å². The van der Waals surface area contributed by atoms with Crippen LogP contribution in [0.5, 0.6) is 0 Å². The number of carbonyl (C=O) groups excluding carboxylic acids is 3. The highest BCUT2D eigenvalue weighted by molar-refractivity contribution is 5.94. The summed E-state index contributed by atoms with van der Waals surface area (Å²) in [5, 5.41) is 31.8. The molecule has 1 rings (SSSR count). The maximum Gasteiger partial charge on any atom is 0.326 e. The van der Waals surface area contributed by atoms with Crippen LogP contribution in [0.3, 0.4) is 0 Å². The molecule has 0 aliphatic carbocycles. The average Bonchev–Trinajstić information content (AvgIpc) is 3.22. The van der Waals surface area contributed by atoms with Crippen LogP contribution in [-0.2, 0) is 24.0 Å². The number of nitrogens with one attached hydrogen (secondary N) is 2. The monoisotopic (exact) mass is 444 g/mol. The van der Waals surface area contributed by atoms with Crippen molar-refractivity contribution < 1.29 is 39.3 Å². The molecule has 1 aliphatic rings. The SMILES string of the molecule is CCC(C)C(N)C(=O)N1CCCC1C(=O)NC(CO)C(=O)NC(CCC(=O)O)C(=O)O. The Hall–Kier alpha value is -2.73. The van der Waals surface area contributed by atoms with Gasteiger partial charge < -0.3 is 36.6 Å². The second-order valence-corrected chi connectivity index (χ2v) is 7.68. The number of carbonyl (C=O) groups is 5. The predicted octanol–water partition coefficient (Wildman–Crippen LogP) is -1.74. The lowest BCUT2D eigenvalue weighted by atomic mass is 9.98. The summed E-state index contributed by atoms with van der Waals surface area (Å²) in [4.78, 5) is 61.0. The standard InChI is InChI=1S/C19H32N4O8/c1-3-10(2)15(20)18(29)23-8-4-5-13(23)17(28)22-12(9-24)16(27)21-11(19(30)31)6-7-14(25)26/h10-13,15,24H,3-9,20H2,1-2H3,(H,21,27)(H,22,28)(H,25,26)(H,30,31). The number of hydrogen-bond acceptors (Lipinski definition) is 7. The third kappa shape index (κ3) is 7.47. The van der Waals surface area contributed by atoms with E-state index in [1.807, 2.05) is 13.8 Å². The molecule has 1 heterocycles. The third-order valence-electron chi connectivity index (χ3n) is 5.46. The first-order valence-electron chi connectivity index (χ1n) is 10.3. The van der Waals surface area contributed by atoms with E-state index in [9.17, 15) is 29.1 Å². The van der Waals surface area contributed by atoms with Gasteiger partial charge in [-0.3, -0.25) is 19.2 Å². The lowest BCUT2D eigenvalue weighted by Crippen LogP contribution is -2.58. The Labute approximate surface area is 180 Å². The summed E-state index contributed by atoms with van der Waals surface area (Å²) in [5.74, 6) is -4.74. The second-order valence-electron chi connectivity index (χ2n) is 7.68. The zero-order valence-electron chi connectivity index (χ0n) is 17.7. The lowest BCUT2D eigenvalue weighted by Gasteiger charge is -2.29. The number of carboxylic acid groups (broad SMARTS) is 2. The van der Waals surface area contributed by atoms with Crippen LogP contribution in [0, 0.1) is 5.92 Å². The Balaban J connectivity index is 2.79. The number of likely N-dealkylation sites (tertiary alicyclic amines) is 1. The van der Waals surface area contributed by atoms with Crippen molar-refractivity contribution in [2.45, 2.75) is 70.1 Å². The van der Waals surface area contributed by atoms with Crippen molar-refractivity contribution in [1.82, 2.24) is 15.5 Å². The minimum atomic E-state index is -1.49. The summed E-state index contributed by atoms with van der Waals surface area (Å²) in [6, 6.07) is -4.57. The van der Waals surface area contributed by atoms with Crippen molar-refractivity contribution in [2.24, 2.45) is 11.7 Å². The Morgan fingerprint density at radius 1 is 1.13 bits per heavy atom. The maximum absolute atomic E-state index is 12.7. The van der Waals surface area contributed by atoms with E-state index in [0.29, 0.717) is 25.8 Å². The Bertz CT molecular complexity index is 686. The average molecular weight is 444 g/mol. The maximum atomic E-state index is 12.7. The highest BCUT2D eigenvalue weighted by Crippen LogP contribution is 2.20. The first-order valence-corrected chi connectivity index (χ1v) is 10.3. The number of aliphatic hydroxyl groups excluding tert-OH is 1. The molecular weight excluding hydrogens is 412 g/mol. The number of nitrogens with zero attached hydrogens (tertiary/aromatic N) is 1. The van der Waals surface area contributed by atoms with Crippen molar-refractivity contribution in [3.05, 3.63) is 0 Å². The van der Waals surface area contributed by atoms with Crippen LogP contribution in [-0.4, -0.2) is 87.2 Å². The molecule has 0 bridgehead atoms. The van der Waals surface area contributed by atoms with Crippen LogP contribution in [0.25, 0.3) is 0 Å². The van der Waals surface area contributed by atoms with E-state index in [1.165, 1.54) is 4.90 Å². The molecule has 1 saturated heterocycles. The van der Waals surface area contributed by atoms with E-state index in [2.05, 4.69) is 10.6 Å². The molecule has 0 spiro atoms. The fourth-order valence-corrected chi connectivity index (χ4v) is 3.25. The molecule has 1 aliphatic heterocycles. The molecule has 0 aromatic heterocycles. The van der Waals surface area contributed by atoms with Gasteiger partial charge in [-0.15, -0.1) is 0 Å². The van der Waals surface area contributed by atoms with Gasteiger partial charge in [-0.25, -0.2) is 4.79 Å².